The maximum atomic E-state index is 4.50. The van der Waals surface area contributed by atoms with E-state index in [9.17, 15) is 0 Å². The third-order valence-corrected chi connectivity index (χ3v) is 3.61. The van der Waals surface area contributed by atoms with Crippen molar-refractivity contribution >= 4 is 52.2 Å². The molecule has 0 bridgehead atoms. The van der Waals surface area contributed by atoms with E-state index in [-0.39, 0.29) is 0 Å². The molecular weight excluding hydrogens is 232 g/mol. The van der Waals surface area contributed by atoms with Crippen LogP contribution >= 0.6 is 25.3 Å². The number of benzene rings is 3. The van der Waals surface area contributed by atoms with Gasteiger partial charge >= 0.3 is 0 Å². The summed E-state index contributed by atoms with van der Waals surface area (Å²) in [7, 11) is 0. The number of hydrogen-bond acceptors (Lipinski definition) is 2. The van der Waals surface area contributed by atoms with E-state index in [4.69, 9.17) is 0 Å². The van der Waals surface area contributed by atoms with Crippen molar-refractivity contribution < 1.29 is 0 Å². The number of rotatable bonds is 0. The molecule has 0 aliphatic carbocycles. The average Bonchev–Trinajstić information content (AvgIpc) is 2.34. The molecule has 3 aromatic carbocycles. The predicted molar refractivity (Wildman–Crippen MR) is 77.4 cm³/mol. The fraction of sp³-hybridized carbons (Fsp3) is 0. The Labute approximate surface area is 105 Å². The molecule has 0 heterocycles. The molecule has 0 aromatic heterocycles. The standard InChI is InChI=1S/C14H10S2/c15-8-10-4-6-12-13(16)7-5-9-2-1-3-11(10)14(9)12/h1-8,15-16H. The molecule has 0 aliphatic heterocycles. The molecule has 2 heteroatoms. The van der Waals surface area contributed by atoms with Crippen molar-refractivity contribution in [2.24, 2.45) is 0 Å². The molecule has 0 unspecified atom stereocenters. The Morgan fingerprint density at radius 1 is 0.875 bits per heavy atom. The summed E-state index contributed by atoms with van der Waals surface area (Å²) in [6.07, 6.45) is 0. The maximum Gasteiger partial charge on any atom is 0.0119 e. The van der Waals surface area contributed by atoms with Crippen molar-refractivity contribution in [2.45, 2.75) is 4.90 Å². The minimum atomic E-state index is 1.02. The van der Waals surface area contributed by atoms with E-state index in [1.807, 2.05) is 11.5 Å². The lowest BCUT2D eigenvalue weighted by Gasteiger charge is -2.07. The minimum Gasteiger partial charge on any atom is -0.151 e. The van der Waals surface area contributed by atoms with Crippen molar-refractivity contribution in [3.05, 3.63) is 47.7 Å². The Kier molecular flexibility index (Phi) is 2.34. The van der Waals surface area contributed by atoms with E-state index in [1.54, 1.807) is 0 Å². The van der Waals surface area contributed by atoms with Gasteiger partial charge in [-0.3, -0.25) is 0 Å². The Morgan fingerprint density at radius 2 is 1.75 bits per heavy atom. The third kappa shape index (κ3) is 1.34. The Morgan fingerprint density at radius 3 is 2.56 bits per heavy atom. The summed E-state index contributed by atoms with van der Waals surface area (Å²) >= 11 is 8.76. The molecule has 3 aromatic rings. The van der Waals surface area contributed by atoms with Gasteiger partial charge in [-0.15, -0.1) is 12.6 Å². The van der Waals surface area contributed by atoms with Gasteiger partial charge in [0.15, 0.2) is 0 Å². The van der Waals surface area contributed by atoms with Crippen LogP contribution in [0, 0.1) is 0 Å². The normalized spacial score (nSPS) is 12.8. The Balaban J connectivity index is 2.73. The summed E-state index contributed by atoms with van der Waals surface area (Å²) in [5.41, 5.74) is 0. The van der Waals surface area contributed by atoms with Crippen LogP contribution in [0.4, 0.5) is 0 Å². The van der Waals surface area contributed by atoms with Gasteiger partial charge in [-0.2, -0.15) is 12.6 Å². The summed E-state index contributed by atoms with van der Waals surface area (Å²) in [4.78, 5) is 1.02. The molecule has 0 atom stereocenters. The van der Waals surface area contributed by atoms with Gasteiger partial charge in [-0.05, 0) is 38.2 Å². The lowest BCUT2D eigenvalue weighted by atomic mass is 10.00. The quantitative estimate of drug-likeness (QED) is 0.552. The summed E-state index contributed by atoms with van der Waals surface area (Å²) in [6.45, 7) is 0. The predicted octanol–water partition coefficient (Wildman–Crippen LogP) is 3.67. The van der Waals surface area contributed by atoms with Crippen LogP contribution in [-0.4, -0.2) is 0 Å². The molecule has 0 radical (unpaired) electrons. The molecule has 0 saturated carbocycles. The van der Waals surface area contributed by atoms with Gasteiger partial charge in [-0.25, -0.2) is 0 Å². The van der Waals surface area contributed by atoms with Crippen LogP contribution in [0.3, 0.4) is 0 Å². The largest absolute Gasteiger partial charge is 0.151 e. The van der Waals surface area contributed by atoms with Crippen molar-refractivity contribution in [3.8, 4) is 0 Å². The second-order valence-electron chi connectivity index (χ2n) is 3.82. The van der Waals surface area contributed by atoms with Gasteiger partial charge in [0.25, 0.3) is 0 Å². The average molecular weight is 242 g/mol. The van der Waals surface area contributed by atoms with E-state index >= 15 is 0 Å². The van der Waals surface area contributed by atoms with Crippen LogP contribution in [0.15, 0.2) is 47.4 Å². The molecule has 0 spiro atoms. The first-order valence-corrected chi connectivity index (χ1v) is 6.05. The first kappa shape index (κ1) is 10.1. The van der Waals surface area contributed by atoms with E-state index in [0.717, 1.165) is 10.1 Å². The highest BCUT2D eigenvalue weighted by molar-refractivity contribution is 7.88. The molecule has 0 fully saturated rings. The van der Waals surface area contributed by atoms with Gasteiger partial charge in [-0.1, -0.05) is 36.4 Å². The Hall–Kier alpha value is -1.12. The van der Waals surface area contributed by atoms with E-state index in [0.29, 0.717) is 0 Å². The topological polar surface area (TPSA) is 0 Å². The molecule has 16 heavy (non-hydrogen) atoms. The van der Waals surface area contributed by atoms with E-state index < -0.39 is 0 Å². The molecule has 78 valence electrons. The fourth-order valence-electron chi connectivity index (χ4n) is 2.18. The van der Waals surface area contributed by atoms with Crippen LogP contribution in [-0.2, 0) is 0 Å². The zero-order valence-electron chi connectivity index (χ0n) is 8.51. The lowest BCUT2D eigenvalue weighted by molar-refractivity contribution is 1.57. The molecule has 0 N–H and O–H groups in total. The van der Waals surface area contributed by atoms with Gasteiger partial charge < -0.3 is 0 Å². The maximum absolute atomic E-state index is 4.50. The van der Waals surface area contributed by atoms with Crippen LogP contribution < -0.4 is 5.22 Å². The van der Waals surface area contributed by atoms with E-state index in [2.05, 4.69) is 61.7 Å². The smallest absolute Gasteiger partial charge is 0.0119 e. The molecule has 0 amide bonds. The molecule has 0 aliphatic rings. The molecular formula is C14H10S2. The van der Waals surface area contributed by atoms with Gasteiger partial charge in [0.1, 0.15) is 0 Å². The van der Waals surface area contributed by atoms with Crippen LogP contribution in [0.1, 0.15) is 0 Å². The monoisotopic (exact) mass is 242 g/mol. The van der Waals surface area contributed by atoms with Crippen LogP contribution in [0.25, 0.3) is 27.0 Å². The van der Waals surface area contributed by atoms with Crippen LogP contribution in [0.5, 0.6) is 0 Å². The molecule has 0 nitrogen and oxygen atoms in total. The fourth-order valence-corrected chi connectivity index (χ4v) is 2.67. The highest BCUT2D eigenvalue weighted by Crippen LogP contribution is 2.29. The van der Waals surface area contributed by atoms with Crippen molar-refractivity contribution in [2.75, 3.05) is 0 Å². The van der Waals surface area contributed by atoms with Crippen molar-refractivity contribution in [1.29, 1.82) is 0 Å². The zero-order valence-corrected chi connectivity index (χ0v) is 10.3. The van der Waals surface area contributed by atoms with Gasteiger partial charge in [0, 0.05) is 4.90 Å². The van der Waals surface area contributed by atoms with Crippen molar-refractivity contribution in [3.63, 3.8) is 0 Å². The second kappa shape index (κ2) is 3.72. The van der Waals surface area contributed by atoms with Gasteiger partial charge in [0.2, 0.25) is 0 Å². The number of hydrogen-bond donors (Lipinski definition) is 2. The molecule has 0 saturated heterocycles. The van der Waals surface area contributed by atoms with Crippen LogP contribution in [0.2, 0.25) is 0 Å². The Bertz CT molecular complexity index is 729. The van der Waals surface area contributed by atoms with E-state index in [1.165, 1.54) is 21.5 Å². The summed E-state index contributed by atoms with van der Waals surface area (Å²) in [5, 5.41) is 7.97. The highest BCUT2D eigenvalue weighted by atomic mass is 32.1. The third-order valence-electron chi connectivity index (χ3n) is 2.94. The molecule has 3 rings (SSSR count). The summed E-state index contributed by atoms with van der Waals surface area (Å²) in [5.74, 6) is 0. The summed E-state index contributed by atoms with van der Waals surface area (Å²) < 4.78 is 0. The highest BCUT2D eigenvalue weighted by Gasteiger charge is 2.04. The first-order chi connectivity index (χ1) is 7.81. The SMILES string of the molecule is SC=c1ccc2c(S)ccc3cccc1c32. The lowest BCUT2D eigenvalue weighted by Crippen LogP contribution is -2.00. The van der Waals surface area contributed by atoms with Crippen molar-refractivity contribution in [1.82, 2.24) is 0 Å². The zero-order chi connectivity index (χ0) is 11.1. The minimum absolute atomic E-state index is 1.02. The second-order valence-corrected chi connectivity index (χ2v) is 4.56. The summed E-state index contributed by atoms with van der Waals surface area (Å²) in [6, 6.07) is 14.7. The van der Waals surface area contributed by atoms with Gasteiger partial charge in [0.05, 0.1) is 0 Å². The number of thiol groups is 2. The first-order valence-electron chi connectivity index (χ1n) is 5.09.